The van der Waals surface area contributed by atoms with Gasteiger partial charge in [0.2, 0.25) is 6.79 Å². The number of carbonyl (C=O) groups is 1. The number of halogens is 2. The first-order valence-corrected chi connectivity index (χ1v) is 9.55. The second-order valence-electron chi connectivity index (χ2n) is 5.23. The Labute approximate surface area is 166 Å². The van der Waals surface area contributed by atoms with Crippen LogP contribution in [0.4, 0.5) is 5.69 Å². The monoisotopic (exact) mass is 453 g/mol. The normalized spacial score (nSPS) is 17.7. The van der Waals surface area contributed by atoms with Crippen molar-refractivity contribution in [2.75, 3.05) is 11.7 Å². The second kappa shape index (κ2) is 6.64. The zero-order chi connectivity index (χ0) is 17.6. The summed E-state index contributed by atoms with van der Waals surface area (Å²) in [4.78, 5) is 14.8. The van der Waals surface area contributed by atoms with Crippen molar-refractivity contribution in [3.05, 3.63) is 56.4 Å². The Bertz CT molecular complexity index is 947. The highest BCUT2D eigenvalue weighted by Gasteiger charge is 2.33. The number of thioether (sulfide) groups is 1. The van der Waals surface area contributed by atoms with Crippen molar-refractivity contribution in [2.24, 2.45) is 0 Å². The molecule has 0 aliphatic carbocycles. The molecule has 0 N–H and O–H groups in total. The Morgan fingerprint density at radius 3 is 2.80 bits per heavy atom. The fourth-order valence-corrected chi connectivity index (χ4v) is 4.19. The minimum Gasteiger partial charge on any atom is -0.454 e. The van der Waals surface area contributed by atoms with E-state index in [0.29, 0.717) is 31.4 Å². The van der Waals surface area contributed by atoms with Gasteiger partial charge < -0.3 is 9.47 Å². The summed E-state index contributed by atoms with van der Waals surface area (Å²) in [5.41, 5.74) is 1.49. The van der Waals surface area contributed by atoms with Crippen LogP contribution in [-0.2, 0) is 4.79 Å². The summed E-state index contributed by atoms with van der Waals surface area (Å²) in [5.74, 6) is 1.20. The summed E-state index contributed by atoms with van der Waals surface area (Å²) in [7, 11) is 0. The molecule has 0 atom stereocenters. The average molecular weight is 455 g/mol. The lowest BCUT2D eigenvalue weighted by Crippen LogP contribution is -2.27. The average Bonchev–Trinajstić information content (AvgIpc) is 3.15. The summed E-state index contributed by atoms with van der Waals surface area (Å²) >= 11 is 16.1. The number of fused-ring (bicyclic) bond motifs is 1. The molecule has 2 aromatic carbocycles. The largest absolute Gasteiger partial charge is 0.454 e. The van der Waals surface area contributed by atoms with Crippen LogP contribution in [0.15, 0.2) is 45.8 Å². The van der Waals surface area contributed by atoms with Gasteiger partial charge in [-0.25, -0.2) is 0 Å². The Morgan fingerprint density at radius 2 is 2.00 bits per heavy atom. The molecule has 2 aliphatic heterocycles. The SMILES string of the molecule is O=C1/C(=C\c2ccc3c(c2)OCO3)SC(=S)N1c1ccc(Br)c(Cl)c1. The molecule has 0 aromatic heterocycles. The van der Waals surface area contributed by atoms with Crippen molar-refractivity contribution in [1.82, 2.24) is 0 Å². The number of ether oxygens (including phenoxy) is 2. The molecule has 0 unspecified atom stereocenters. The number of amides is 1. The number of thiocarbonyl (C=S) groups is 1. The van der Waals surface area contributed by atoms with Crippen molar-refractivity contribution < 1.29 is 14.3 Å². The molecule has 2 aromatic rings. The number of hydrogen-bond acceptors (Lipinski definition) is 5. The lowest BCUT2D eigenvalue weighted by Gasteiger charge is -2.15. The number of anilines is 1. The van der Waals surface area contributed by atoms with Gasteiger partial charge in [0.1, 0.15) is 0 Å². The third-order valence-electron chi connectivity index (χ3n) is 3.65. The Balaban J connectivity index is 1.65. The van der Waals surface area contributed by atoms with Gasteiger partial charge >= 0.3 is 0 Å². The Hall–Kier alpha value is -1.54. The summed E-state index contributed by atoms with van der Waals surface area (Å²) in [6.07, 6.45) is 1.79. The van der Waals surface area contributed by atoms with Crippen molar-refractivity contribution in [1.29, 1.82) is 0 Å². The number of carbonyl (C=O) groups excluding carboxylic acids is 1. The van der Waals surface area contributed by atoms with Crippen molar-refractivity contribution in [3.8, 4) is 11.5 Å². The molecule has 8 heteroatoms. The lowest BCUT2D eigenvalue weighted by molar-refractivity contribution is -0.113. The van der Waals surface area contributed by atoms with Gasteiger partial charge in [-0.05, 0) is 57.9 Å². The number of benzene rings is 2. The first kappa shape index (κ1) is 16.9. The van der Waals surface area contributed by atoms with Gasteiger partial charge in [-0.1, -0.05) is 41.6 Å². The molecule has 4 rings (SSSR count). The van der Waals surface area contributed by atoms with E-state index in [9.17, 15) is 4.79 Å². The molecule has 0 saturated carbocycles. The van der Waals surface area contributed by atoms with E-state index in [-0.39, 0.29) is 12.7 Å². The highest BCUT2D eigenvalue weighted by atomic mass is 79.9. The van der Waals surface area contributed by atoms with Crippen LogP contribution in [0, 0.1) is 0 Å². The summed E-state index contributed by atoms with van der Waals surface area (Å²) in [6, 6.07) is 10.8. The van der Waals surface area contributed by atoms with Gasteiger partial charge in [-0.2, -0.15) is 0 Å². The minimum absolute atomic E-state index is 0.175. The molecule has 2 aliphatic rings. The van der Waals surface area contributed by atoms with E-state index in [2.05, 4.69) is 15.9 Å². The first-order valence-electron chi connectivity index (χ1n) is 7.15. The van der Waals surface area contributed by atoms with Crippen LogP contribution in [0.5, 0.6) is 11.5 Å². The molecule has 4 nitrogen and oxygen atoms in total. The fourth-order valence-electron chi connectivity index (χ4n) is 2.47. The second-order valence-corrected chi connectivity index (χ2v) is 8.17. The molecule has 1 fully saturated rings. The highest BCUT2D eigenvalue weighted by molar-refractivity contribution is 9.10. The highest BCUT2D eigenvalue weighted by Crippen LogP contribution is 2.39. The van der Waals surface area contributed by atoms with E-state index in [1.165, 1.54) is 16.7 Å². The van der Waals surface area contributed by atoms with Gasteiger partial charge in [0.15, 0.2) is 15.8 Å². The molecule has 2 heterocycles. The van der Waals surface area contributed by atoms with E-state index >= 15 is 0 Å². The van der Waals surface area contributed by atoms with Crippen LogP contribution in [0.2, 0.25) is 5.02 Å². The third-order valence-corrected chi connectivity index (χ3v) is 6.18. The van der Waals surface area contributed by atoms with E-state index in [0.717, 1.165) is 10.0 Å². The van der Waals surface area contributed by atoms with E-state index in [4.69, 9.17) is 33.3 Å². The summed E-state index contributed by atoms with van der Waals surface area (Å²) in [6.45, 7) is 0.214. The van der Waals surface area contributed by atoms with Gasteiger partial charge in [0, 0.05) is 4.47 Å². The van der Waals surface area contributed by atoms with Gasteiger partial charge in [-0.15, -0.1) is 0 Å². The summed E-state index contributed by atoms with van der Waals surface area (Å²) in [5, 5.41) is 0.520. The Morgan fingerprint density at radius 1 is 1.20 bits per heavy atom. The number of rotatable bonds is 2. The smallest absolute Gasteiger partial charge is 0.270 e. The predicted octanol–water partition coefficient (Wildman–Crippen LogP) is 5.24. The lowest BCUT2D eigenvalue weighted by atomic mass is 10.2. The Kier molecular flexibility index (Phi) is 4.49. The maximum atomic E-state index is 12.8. The summed E-state index contributed by atoms with van der Waals surface area (Å²) < 4.78 is 11.9. The minimum atomic E-state index is -0.175. The quantitative estimate of drug-likeness (QED) is 0.458. The zero-order valence-electron chi connectivity index (χ0n) is 12.5. The standard InChI is InChI=1S/C17H9BrClNO3S2/c18-11-3-2-10(7-12(11)19)20-16(21)15(25-17(20)24)6-9-1-4-13-14(5-9)23-8-22-13/h1-7H,8H2/b15-6+. The van der Waals surface area contributed by atoms with Crippen LogP contribution in [-0.4, -0.2) is 17.0 Å². The van der Waals surface area contributed by atoms with Crippen molar-refractivity contribution in [3.63, 3.8) is 0 Å². The first-order chi connectivity index (χ1) is 12.0. The van der Waals surface area contributed by atoms with E-state index in [1.807, 2.05) is 18.2 Å². The predicted molar refractivity (Wildman–Crippen MR) is 107 cm³/mol. The van der Waals surface area contributed by atoms with Crippen LogP contribution in [0.3, 0.4) is 0 Å². The molecular weight excluding hydrogens is 446 g/mol. The number of hydrogen-bond donors (Lipinski definition) is 0. The topological polar surface area (TPSA) is 38.8 Å². The van der Waals surface area contributed by atoms with Crippen LogP contribution in [0.25, 0.3) is 6.08 Å². The van der Waals surface area contributed by atoms with Crippen LogP contribution in [0.1, 0.15) is 5.56 Å². The maximum Gasteiger partial charge on any atom is 0.270 e. The van der Waals surface area contributed by atoms with E-state index < -0.39 is 0 Å². The number of nitrogens with zero attached hydrogens (tertiary/aromatic N) is 1. The van der Waals surface area contributed by atoms with Crippen molar-refractivity contribution in [2.45, 2.75) is 0 Å². The maximum absolute atomic E-state index is 12.8. The third kappa shape index (κ3) is 3.17. The molecule has 0 bridgehead atoms. The molecule has 126 valence electrons. The van der Waals surface area contributed by atoms with Gasteiger partial charge in [0.25, 0.3) is 5.91 Å². The molecular formula is C17H9BrClNO3S2. The fraction of sp³-hybridized carbons (Fsp3) is 0.0588. The van der Waals surface area contributed by atoms with E-state index in [1.54, 1.807) is 24.3 Å². The van der Waals surface area contributed by atoms with Crippen LogP contribution >= 0.6 is 51.5 Å². The molecule has 1 amide bonds. The molecule has 1 saturated heterocycles. The zero-order valence-corrected chi connectivity index (χ0v) is 16.5. The molecule has 0 spiro atoms. The molecule has 25 heavy (non-hydrogen) atoms. The van der Waals surface area contributed by atoms with Crippen LogP contribution < -0.4 is 14.4 Å². The van der Waals surface area contributed by atoms with Gasteiger partial charge in [0.05, 0.1) is 15.6 Å². The van der Waals surface area contributed by atoms with Gasteiger partial charge in [-0.3, -0.25) is 9.69 Å². The molecule has 0 radical (unpaired) electrons. The van der Waals surface area contributed by atoms with Crippen molar-refractivity contribution >= 4 is 73.5 Å².